The van der Waals surface area contributed by atoms with Gasteiger partial charge in [0.2, 0.25) is 5.28 Å². The highest BCUT2D eigenvalue weighted by Gasteiger charge is 2.06. The Hall–Kier alpha value is -1.49. The van der Waals surface area contributed by atoms with Crippen molar-refractivity contribution in [1.29, 1.82) is 0 Å². The van der Waals surface area contributed by atoms with Crippen LogP contribution in [0.25, 0.3) is 5.65 Å². The average molecular weight is 197 g/mol. The van der Waals surface area contributed by atoms with Crippen molar-refractivity contribution in [1.82, 2.24) is 19.6 Å². The SMILES string of the molecule is Cc1cc2nc(C=O)nc(Cl)n2n1. The van der Waals surface area contributed by atoms with Crippen molar-refractivity contribution in [3.05, 3.63) is 22.9 Å². The number of rotatable bonds is 1. The zero-order valence-corrected chi connectivity index (χ0v) is 7.49. The molecule has 2 aromatic heterocycles. The van der Waals surface area contributed by atoms with Crippen LogP contribution in [0.5, 0.6) is 0 Å². The molecule has 6 heteroatoms. The molecule has 13 heavy (non-hydrogen) atoms. The van der Waals surface area contributed by atoms with Crippen LogP contribution in [0.2, 0.25) is 5.28 Å². The van der Waals surface area contributed by atoms with Crippen molar-refractivity contribution >= 4 is 23.5 Å². The number of carbonyl (C=O) groups is 1. The minimum atomic E-state index is 0.0670. The molecule has 0 saturated heterocycles. The van der Waals surface area contributed by atoms with Crippen LogP contribution in [-0.2, 0) is 0 Å². The van der Waals surface area contributed by atoms with Crippen LogP contribution in [0.3, 0.4) is 0 Å². The molecule has 0 unspecified atom stereocenters. The van der Waals surface area contributed by atoms with E-state index in [1.165, 1.54) is 4.52 Å². The summed E-state index contributed by atoms with van der Waals surface area (Å²) in [6, 6.07) is 1.72. The van der Waals surface area contributed by atoms with Crippen LogP contribution in [0.15, 0.2) is 6.07 Å². The standard InChI is InChI=1S/C7H5ClN4O/c1-4-2-6-9-5(3-13)10-7(8)12(6)11-4/h2-3H,1H3. The summed E-state index contributed by atoms with van der Waals surface area (Å²) in [5.41, 5.74) is 1.30. The maximum atomic E-state index is 10.4. The van der Waals surface area contributed by atoms with E-state index in [4.69, 9.17) is 11.6 Å². The molecule has 5 nitrogen and oxygen atoms in total. The largest absolute Gasteiger partial charge is 0.294 e. The van der Waals surface area contributed by atoms with Gasteiger partial charge in [-0.2, -0.15) is 14.6 Å². The second-order valence-electron chi connectivity index (χ2n) is 2.52. The summed E-state index contributed by atoms with van der Waals surface area (Å²) in [6.45, 7) is 1.81. The van der Waals surface area contributed by atoms with Crippen LogP contribution >= 0.6 is 11.6 Å². The van der Waals surface area contributed by atoms with E-state index in [0.717, 1.165) is 5.69 Å². The molecule has 2 rings (SSSR count). The van der Waals surface area contributed by atoms with E-state index in [0.29, 0.717) is 11.9 Å². The molecule has 0 fully saturated rings. The summed E-state index contributed by atoms with van der Waals surface area (Å²) in [6.07, 6.45) is 0.550. The fourth-order valence-electron chi connectivity index (χ4n) is 1.04. The number of halogens is 1. The van der Waals surface area contributed by atoms with Gasteiger partial charge in [0.1, 0.15) is 0 Å². The lowest BCUT2D eigenvalue weighted by molar-refractivity contribution is 0.111. The van der Waals surface area contributed by atoms with E-state index in [1.807, 2.05) is 6.92 Å². The summed E-state index contributed by atoms with van der Waals surface area (Å²) in [4.78, 5) is 18.0. The molecular weight excluding hydrogens is 192 g/mol. The van der Waals surface area contributed by atoms with Gasteiger partial charge < -0.3 is 0 Å². The summed E-state index contributed by atoms with van der Waals surface area (Å²) < 4.78 is 1.38. The number of aryl methyl sites for hydroxylation is 1. The highest BCUT2D eigenvalue weighted by atomic mass is 35.5. The first kappa shape index (κ1) is 8.12. The normalized spacial score (nSPS) is 10.6. The van der Waals surface area contributed by atoms with E-state index in [1.54, 1.807) is 6.07 Å². The zero-order valence-electron chi connectivity index (χ0n) is 6.73. The summed E-state index contributed by atoms with van der Waals surface area (Å²) in [5, 5.41) is 4.17. The van der Waals surface area contributed by atoms with Crippen LogP contribution in [0, 0.1) is 6.92 Å². The lowest BCUT2D eigenvalue weighted by atomic mass is 10.5. The molecule has 2 aromatic rings. The Balaban J connectivity index is 2.82. The number of carbonyl (C=O) groups excluding carboxylic acids is 1. The lowest BCUT2D eigenvalue weighted by Gasteiger charge is -1.94. The predicted molar refractivity (Wildman–Crippen MR) is 45.9 cm³/mol. The van der Waals surface area contributed by atoms with Gasteiger partial charge in [-0.3, -0.25) is 4.79 Å². The van der Waals surface area contributed by atoms with Crippen LogP contribution in [0.4, 0.5) is 0 Å². The molecule has 0 aromatic carbocycles. The second kappa shape index (κ2) is 2.77. The molecular formula is C7H5ClN4O. The highest BCUT2D eigenvalue weighted by molar-refractivity contribution is 6.28. The van der Waals surface area contributed by atoms with Crippen molar-refractivity contribution in [3.63, 3.8) is 0 Å². The fourth-order valence-corrected chi connectivity index (χ4v) is 1.25. The van der Waals surface area contributed by atoms with Crippen molar-refractivity contribution in [2.45, 2.75) is 6.92 Å². The van der Waals surface area contributed by atoms with Gasteiger partial charge in [-0.15, -0.1) is 0 Å². The van der Waals surface area contributed by atoms with Gasteiger partial charge in [0.05, 0.1) is 5.69 Å². The third kappa shape index (κ3) is 1.27. The monoisotopic (exact) mass is 196 g/mol. The van der Waals surface area contributed by atoms with Gasteiger partial charge in [-0.1, -0.05) is 0 Å². The Morgan fingerprint density at radius 2 is 2.31 bits per heavy atom. The van der Waals surface area contributed by atoms with E-state index in [-0.39, 0.29) is 11.1 Å². The van der Waals surface area contributed by atoms with E-state index >= 15 is 0 Å². The summed E-state index contributed by atoms with van der Waals surface area (Å²) in [7, 11) is 0. The highest BCUT2D eigenvalue weighted by Crippen LogP contribution is 2.09. The van der Waals surface area contributed by atoms with Gasteiger partial charge in [-0.05, 0) is 18.5 Å². The van der Waals surface area contributed by atoms with Crippen molar-refractivity contribution in [2.24, 2.45) is 0 Å². The number of hydrogen-bond donors (Lipinski definition) is 0. The third-order valence-corrected chi connectivity index (χ3v) is 1.77. The molecule has 0 aliphatic rings. The fraction of sp³-hybridized carbons (Fsp3) is 0.143. The number of nitrogens with zero attached hydrogens (tertiary/aromatic N) is 4. The molecule has 0 radical (unpaired) electrons. The molecule has 0 aliphatic carbocycles. The Kier molecular flexibility index (Phi) is 1.73. The van der Waals surface area contributed by atoms with Crippen LogP contribution in [0.1, 0.15) is 16.3 Å². The molecule has 0 spiro atoms. The molecule has 0 aliphatic heterocycles. The lowest BCUT2D eigenvalue weighted by Crippen LogP contribution is -2.00. The molecule has 66 valence electrons. The first-order chi connectivity index (χ1) is 6.20. The van der Waals surface area contributed by atoms with Crippen molar-refractivity contribution < 1.29 is 4.79 Å². The van der Waals surface area contributed by atoms with Gasteiger partial charge in [0.25, 0.3) is 0 Å². The Bertz CT molecular complexity index is 479. The van der Waals surface area contributed by atoms with E-state index in [9.17, 15) is 4.79 Å². The van der Waals surface area contributed by atoms with Gasteiger partial charge in [0.15, 0.2) is 17.8 Å². The van der Waals surface area contributed by atoms with Crippen LogP contribution in [-0.4, -0.2) is 25.9 Å². The molecule has 2 heterocycles. The molecule has 0 N–H and O–H groups in total. The second-order valence-corrected chi connectivity index (χ2v) is 2.86. The minimum Gasteiger partial charge on any atom is -0.294 e. The molecule has 0 amide bonds. The first-order valence-corrected chi connectivity index (χ1v) is 3.93. The topological polar surface area (TPSA) is 60.2 Å². The number of hydrogen-bond acceptors (Lipinski definition) is 4. The first-order valence-electron chi connectivity index (χ1n) is 3.56. The minimum absolute atomic E-state index is 0.0670. The number of aldehydes is 1. The zero-order chi connectivity index (χ0) is 9.42. The Morgan fingerprint density at radius 3 is 3.00 bits per heavy atom. The summed E-state index contributed by atoms with van der Waals surface area (Å²) in [5.74, 6) is 0.0670. The maximum absolute atomic E-state index is 10.4. The number of aromatic nitrogens is 4. The number of fused-ring (bicyclic) bond motifs is 1. The third-order valence-electron chi connectivity index (χ3n) is 1.53. The van der Waals surface area contributed by atoms with Crippen molar-refractivity contribution in [3.8, 4) is 0 Å². The average Bonchev–Trinajstić information content (AvgIpc) is 2.46. The van der Waals surface area contributed by atoms with Gasteiger partial charge in [0, 0.05) is 6.07 Å². The molecule has 0 saturated carbocycles. The van der Waals surface area contributed by atoms with Crippen molar-refractivity contribution in [2.75, 3.05) is 0 Å². The molecule has 0 bridgehead atoms. The maximum Gasteiger partial charge on any atom is 0.227 e. The van der Waals surface area contributed by atoms with E-state index < -0.39 is 0 Å². The van der Waals surface area contributed by atoms with Gasteiger partial charge >= 0.3 is 0 Å². The Morgan fingerprint density at radius 1 is 1.54 bits per heavy atom. The smallest absolute Gasteiger partial charge is 0.227 e. The van der Waals surface area contributed by atoms with Crippen LogP contribution < -0.4 is 0 Å². The summed E-state index contributed by atoms with van der Waals surface area (Å²) >= 11 is 5.74. The Labute approximate surface area is 78.4 Å². The molecule has 0 atom stereocenters. The van der Waals surface area contributed by atoms with E-state index in [2.05, 4.69) is 15.1 Å². The quantitative estimate of drug-likeness (QED) is 0.636. The van der Waals surface area contributed by atoms with Gasteiger partial charge in [-0.25, -0.2) is 4.98 Å². The predicted octanol–water partition coefficient (Wildman–Crippen LogP) is 0.899.